The van der Waals surface area contributed by atoms with Crippen LogP contribution in [0.3, 0.4) is 0 Å². The Morgan fingerprint density at radius 2 is 1.93 bits per heavy atom. The first-order valence-electron chi connectivity index (χ1n) is 9.68. The summed E-state index contributed by atoms with van der Waals surface area (Å²) in [6, 6.07) is 6.00. The van der Waals surface area contributed by atoms with Crippen molar-refractivity contribution in [3.8, 4) is 11.5 Å². The van der Waals surface area contributed by atoms with Gasteiger partial charge in [0.2, 0.25) is 5.91 Å². The van der Waals surface area contributed by atoms with Gasteiger partial charge in [0, 0.05) is 18.2 Å². The Balaban J connectivity index is 1.56. The van der Waals surface area contributed by atoms with Gasteiger partial charge in [0.25, 0.3) is 0 Å². The number of anilines is 1. The number of tetrazole rings is 1. The number of ether oxygens (including phenoxy) is 2. The average Bonchev–Trinajstić information content (AvgIpc) is 3.42. The monoisotopic (exact) mass is 369 g/mol. The number of rotatable bonds is 3. The maximum absolute atomic E-state index is 12.9. The van der Waals surface area contributed by atoms with Crippen LogP contribution in [-0.4, -0.2) is 39.3 Å². The number of benzene rings is 1. The van der Waals surface area contributed by atoms with E-state index in [0.717, 1.165) is 24.4 Å². The predicted molar refractivity (Wildman–Crippen MR) is 96.8 cm³/mol. The summed E-state index contributed by atoms with van der Waals surface area (Å²) < 4.78 is 13.3. The van der Waals surface area contributed by atoms with E-state index in [2.05, 4.69) is 22.4 Å². The second-order valence-electron chi connectivity index (χ2n) is 7.72. The second kappa shape index (κ2) is 6.21. The Bertz CT molecular complexity index is 876. The number of hydrogen-bond acceptors (Lipinski definition) is 6. The molecule has 3 aliphatic rings. The highest BCUT2D eigenvalue weighted by molar-refractivity contribution is 5.97. The summed E-state index contributed by atoms with van der Waals surface area (Å²) in [7, 11) is 0. The fraction of sp³-hybridized carbons (Fsp3) is 0.579. The lowest BCUT2D eigenvalue weighted by molar-refractivity contribution is -0.117. The van der Waals surface area contributed by atoms with Crippen molar-refractivity contribution in [2.45, 2.75) is 57.0 Å². The Morgan fingerprint density at radius 1 is 1.15 bits per heavy atom. The van der Waals surface area contributed by atoms with E-state index < -0.39 is 5.54 Å². The number of fused-ring (bicyclic) bond motifs is 1. The molecule has 0 bridgehead atoms. The minimum Gasteiger partial charge on any atom is -0.486 e. The smallest absolute Gasteiger partial charge is 0.227 e. The largest absolute Gasteiger partial charge is 0.486 e. The Labute approximate surface area is 157 Å². The lowest BCUT2D eigenvalue weighted by Crippen LogP contribution is -2.43. The summed E-state index contributed by atoms with van der Waals surface area (Å²) in [6.45, 7) is 3.12. The Morgan fingerprint density at radius 3 is 2.74 bits per heavy atom. The molecule has 2 aliphatic heterocycles. The summed E-state index contributed by atoms with van der Waals surface area (Å²) in [4.78, 5) is 14.7. The molecular formula is C19H23N5O3. The number of amides is 1. The van der Waals surface area contributed by atoms with Gasteiger partial charge in [0.1, 0.15) is 18.8 Å². The highest BCUT2D eigenvalue weighted by Crippen LogP contribution is 2.45. The van der Waals surface area contributed by atoms with Crippen LogP contribution < -0.4 is 14.4 Å². The molecule has 8 heteroatoms. The van der Waals surface area contributed by atoms with Crippen LogP contribution in [0.2, 0.25) is 0 Å². The van der Waals surface area contributed by atoms with Gasteiger partial charge in [-0.25, -0.2) is 4.68 Å². The Hall–Kier alpha value is -2.64. The van der Waals surface area contributed by atoms with Crippen molar-refractivity contribution in [3.63, 3.8) is 0 Å². The first-order valence-corrected chi connectivity index (χ1v) is 9.68. The molecule has 8 nitrogen and oxygen atoms in total. The average molecular weight is 369 g/mol. The number of nitrogens with zero attached hydrogens (tertiary/aromatic N) is 5. The summed E-state index contributed by atoms with van der Waals surface area (Å²) in [5.74, 6) is 2.25. The van der Waals surface area contributed by atoms with Gasteiger partial charge in [-0.3, -0.25) is 9.69 Å². The lowest BCUT2D eigenvalue weighted by atomic mass is 9.96. The van der Waals surface area contributed by atoms with E-state index in [1.807, 2.05) is 27.8 Å². The van der Waals surface area contributed by atoms with E-state index in [9.17, 15) is 4.79 Å². The minimum atomic E-state index is -0.576. The molecule has 5 rings (SSSR count). The quantitative estimate of drug-likeness (QED) is 0.827. The summed E-state index contributed by atoms with van der Waals surface area (Å²) >= 11 is 0. The molecule has 27 heavy (non-hydrogen) atoms. The third-order valence-corrected chi connectivity index (χ3v) is 6.00. The molecule has 0 radical (unpaired) electrons. The maximum atomic E-state index is 12.9. The van der Waals surface area contributed by atoms with Crippen LogP contribution in [0.15, 0.2) is 18.2 Å². The highest BCUT2D eigenvalue weighted by Gasteiger charge is 2.48. The summed E-state index contributed by atoms with van der Waals surface area (Å²) in [5, 5.41) is 12.6. The van der Waals surface area contributed by atoms with Crippen molar-refractivity contribution in [2.75, 3.05) is 18.1 Å². The van der Waals surface area contributed by atoms with Crippen molar-refractivity contribution in [1.82, 2.24) is 20.2 Å². The van der Waals surface area contributed by atoms with E-state index >= 15 is 0 Å². The number of carbonyl (C=O) groups excluding carboxylic acids is 1. The van der Waals surface area contributed by atoms with Crippen molar-refractivity contribution in [2.24, 2.45) is 0 Å². The molecule has 0 N–H and O–H groups in total. The molecule has 1 aromatic heterocycles. The van der Waals surface area contributed by atoms with Crippen molar-refractivity contribution >= 4 is 11.6 Å². The Kier molecular flexibility index (Phi) is 3.80. The van der Waals surface area contributed by atoms with Gasteiger partial charge in [-0.2, -0.15) is 0 Å². The van der Waals surface area contributed by atoms with Gasteiger partial charge in [-0.1, -0.05) is 12.8 Å². The molecule has 1 amide bonds. The first-order chi connectivity index (χ1) is 13.2. The van der Waals surface area contributed by atoms with E-state index in [-0.39, 0.29) is 5.91 Å². The molecule has 1 aromatic carbocycles. The number of carbonyl (C=O) groups is 1. The molecule has 3 heterocycles. The van der Waals surface area contributed by atoms with Crippen LogP contribution in [0.5, 0.6) is 11.5 Å². The van der Waals surface area contributed by atoms with Gasteiger partial charge < -0.3 is 9.47 Å². The summed E-state index contributed by atoms with van der Waals surface area (Å²) in [5.41, 5.74) is 0.220. The fourth-order valence-electron chi connectivity index (χ4n) is 4.60. The van der Waals surface area contributed by atoms with Gasteiger partial charge >= 0.3 is 0 Å². The topological polar surface area (TPSA) is 82.4 Å². The molecule has 2 fully saturated rings. The molecule has 1 unspecified atom stereocenters. The van der Waals surface area contributed by atoms with Crippen molar-refractivity contribution < 1.29 is 14.3 Å². The van der Waals surface area contributed by atoms with Gasteiger partial charge in [0.05, 0.1) is 6.04 Å². The van der Waals surface area contributed by atoms with E-state index in [1.54, 1.807) is 0 Å². The molecule has 2 aromatic rings. The molecule has 1 aliphatic carbocycles. The fourth-order valence-corrected chi connectivity index (χ4v) is 4.60. The van der Waals surface area contributed by atoms with E-state index in [4.69, 9.17) is 9.47 Å². The number of hydrogen-bond donors (Lipinski definition) is 0. The van der Waals surface area contributed by atoms with Crippen LogP contribution in [0.4, 0.5) is 5.69 Å². The van der Waals surface area contributed by atoms with Crippen LogP contribution in [0.1, 0.15) is 57.3 Å². The third kappa shape index (κ3) is 2.57. The molecule has 142 valence electrons. The van der Waals surface area contributed by atoms with Crippen LogP contribution in [0, 0.1) is 0 Å². The van der Waals surface area contributed by atoms with Crippen LogP contribution >= 0.6 is 0 Å². The molecule has 0 spiro atoms. The zero-order valence-corrected chi connectivity index (χ0v) is 15.4. The molecule has 1 saturated heterocycles. The minimum absolute atomic E-state index is 0.0788. The third-order valence-electron chi connectivity index (χ3n) is 6.00. The normalized spacial score (nSPS) is 25.4. The van der Waals surface area contributed by atoms with Crippen LogP contribution in [-0.2, 0) is 10.3 Å². The summed E-state index contributed by atoms with van der Waals surface area (Å²) in [6.07, 6.45) is 5.74. The van der Waals surface area contributed by atoms with E-state index in [1.165, 1.54) is 12.8 Å². The molecular weight excluding hydrogens is 346 g/mol. The SMILES string of the molecule is CC1(c2nnnn2C2CCCC2)CCC(=O)N1c1ccc2c(c1)OCCO2. The van der Waals surface area contributed by atoms with Gasteiger partial charge in [0.15, 0.2) is 17.3 Å². The zero-order chi connectivity index (χ0) is 18.4. The predicted octanol–water partition coefficient (Wildman–Crippen LogP) is 2.60. The molecule has 1 saturated carbocycles. The number of aromatic nitrogens is 4. The highest BCUT2D eigenvalue weighted by atomic mass is 16.6. The van der Waals surface area contributed by atoms with Crippen molar-refractivity contribution in [3.05, 3.63) is 24.0 Å². The van der Waals surface area contributed by atoms with E-state index in [0.29, 0.717) is 43.6 Å². The first kappa shape index (κ1) is 16.5. The van der Waals surface area contributed by atoms with Crippen molar-refractivity contribution in [1.29, 1.82) is 0 Å². The lowest BCUT2D eigenvalue weighted by Gasteiger charge is -2.35. The second-order valence-corrected chi connectivity index (χ2v) is 7.72. The maximum Gasteiger partial charge on any atom is 0.227 e. The van der Waals surface area contributed by atoms with Gasteiger partial charge in [-0.15, -0.1) is 5.10 Å². The van der Waals surface area contributed by atoms with Crippen LogP contribution in [0.25, 0.3) is 0 Å². The standard InChI is InChI=1S/C19H23N5O3/c1-19(18-20-21-22-24(18)13-4-2-3-5-13)9-8-17(25)23(19)14-6-7-15-16(12-14)27-11-10-26-15/h6-7,12-13H,2-5,8-11H2,1H3. The molecule has 1 atom stereocenters. The van der Waals surface area contributed by atoms with Gasteiger partial charge in [-0.05, 0) is 48.7 Å². The zero-order valence-electron chi connectivity index (χ0n) is 15.4.